The summed E-state index contributed by atoms with van der Waals surface area (Å²) in [4.78, 5) is 23.3. The molecule has 0 fully saturated rings. The molecule has 34 heavy (non-hydrogen) atoms. The van der Waals surface area contributed by atoms with Gasteiger partial charge in [0.25, 0.3) is 15.7 Å². The molecule has 3 aromatic rings. The molecule has 0 atom stereocenters. The van der Waals surface area contributed by atoms with Crippen LogP contribution in [-0.4, -0.2) is 33.2 Å². The molecule has 0 spiro atoms. The molecule has 176 valence electrons. The number of non-ortho nitro benzene ring substituents is 1. The van der Waals surface area contributed by atoms with Crippen molar-refractivity contribution >= 4 is 27.4 Å². The van der Waals surface area contributed by atoms with Crippen molar-refractivity contribution in [3.05, 3.63) is 93.5 Å². The Bertz CT molecular complexity index is 1340. The van der Waals surface area contributed by atoms with Gasteiger partial charge in [-0.3, -0.25) is 14.4 Å². The standard InChI is InChI=1S/C23H20N2O8S/c1-24(19-7-3-2-4-8-19)34(29,30)21-9-5-6-16(12-21)23(26)32-14-18-11-20(25(27)28)10-17-13-31-15-33-22(17)18/h2-12H,13-15H2,1H3. The summed E-state index contributed by atoms with van der Waals surface area (Å²) in [5, 5.41) is 11.2. The molecule has 1 aliphatic heterocycles. The molecular weight excluding hydrogens is 464 g/mol. The number of esters is 1. The average molecular weight is 484 g/mol. The average Bonchev–Trinajstić information content (AvgIpc) is 2.86. The number of anilines is 1. The highest BCUT2D eigenvalue weighted by molar-refractivity contribution is 7.92. The lowest BCUT2D eigenvalue weighted by Crippen LogP contribution is -2.26. The first-order valence-corrected chi connectivity index (χ1v) is 11.5. The van der Waals surface area contributed by atoms with E-state index in [1.807, 2.05) is 0 Å². The van der Waals surface area contributed by atoms with Gasteiger partial charge in [0.2, 0.25) is 0 Å². The third-order valence-electron chi connectivity index (χ3n) is 5.19. The minimum atomic E-state index is -3.93. The van der Waals surface area contributed by atoms with E-state index in [-0.39, 0.29) is 36.2 Å². The second-order valence-corrected chi connectivity index (χ2v) is 9.34. The highest BCUT2D eigenvalue weighted by atomic mass is 32.2. The normalized spacial score (nSPS) is 12.9. The number of hydrogen-bond acceptors (Lipinski definition) is 8. The van der Waals surface area contributed by atoms with Crippen LogP contribution >= 0.6 is 0 Å². The molecule has 0 amide bonds. The molecule has 10 nitrogen and oxygen atoms in total. The summed E-state index contributed by atoms with van der Waals surface area (Å²) in [6, 6.07) is 16.6. The SMILES string of the molecule is CN(c1ccccc1)S(=O)(=O)c1cccc(C(=O)OCc2cc([N+](=O)[O-])cc3c2OCOC3)c1. The molecule has 0 N–H and O–H groups in total. The molecule has 4 rings (SSSR count). The van der Waals surface area contributed by atoms with Gasteiger partial charge in [-0.1, -0.05) is 24.3 Å². The van der Waals surface area contributed by atoms with E-state index in [4.69, 9.17) is 14.2 Å². The largest absolute Gasteiger partial charge is 0.467 e. The van der Waals surface area contributed by atoms with Gasteiger partial charge in [-0.05, 0) is 30.3 Å². The van der Waals surface area contributed by atoms with Crippen molar-refractivity contribution in [3.63, 3.8) is 0 Å². The Labute approximate surface area is 195 Å². The predicted octanol–water partition coefficient (Wildman–Crippen LogP) is 3.64. The van der Waals surface area contributed by atoms with Gasteiger partial charge in [-0.25, -0.2) is 13.2 Å². The van der Waals surface area contributed by atoms with Gasteiger partial charge in [0.05, 0.1) is 27.7 Å². The van der Waals surface area contributed by atoms with Crippen molar-refractivity contribution in [1.29, 1.82) is 0 Å². The molecular formula is C23H20N2O8S. The summed E-state index contributed by atoms with van der Waals surface area (Å²) in [6.07, 6.45) is 0. The molecule has 0 unspecified atom stereocenters. The number of benzene rings is 3. The number of nitro groups is 1. The van der Waals surface area contributed by atoms with Crippen LogP contribution in [0.15, 0.2) is 71.6 Å². The van der Waals surface area contributed by atoms with E-state index < -0.39 is 20.9 Å². The third-order valence-corrected chi connectivity index (χ3v) is 6.97. The minimum absolute atomic E-state index is 0.0195. The number of nitro benzene ring substituents is 1. The highest BCUT2D eigenvalue weighted by Gasteiger charge is 2.24. The maximum atomic E-state index is 13.0. The lowest BCUT2D eigenvalue weighted by atomic mass is 10.1. The van der Waals surface area contributed by atoms with E-state index in [1.54, 1.807) is 30.3 Å². The van der Waals surface area contributed by atoms with Crippen molar-refractivity contribution < 1.29 is 32.3 Å². The number of rotatable bonds is 7. The smallest absolute Gasteiger partial charge is 0.338 e. The Kier molecular flexibility index (Phi) is 6.48. The first-order chi connectivity index (χ1) is 16.3. The van der Waals surface area contributed by atoms with Crippen LogP contribution in [0.3, 0.4) is 0 Å². The van der Waals surface area contributed by atoms with Crippen LogP contribution in [0.4, 0.5) is 11.4 Å². The molecule has 0 aliphatic carbocycles. The summed E-state index contributed by atoms with van der Waals surface area (Å²) in [5.74, 6) is -0.419. The van der Waals surface area contributed by atoms with Gasteiger partial charge in [0.15, 0.2) is 6.79 Å². The predicted molar refractivity (Wildman–Crippen MR) is 121 cm³/mol. The monoisotopic (exact) mass is 484 g/mol. The van der Waals surface area contributed by atoms with E-state index in [0.717, 1.165) is 4.31 Å². The van der Waals surface area contributed by atoms with Crippen LogP contribution < -0.4 is 9.04 Å². The number of nitrogens with zero attached hydrogens (tertiary/aromatic N) is 2. The molecule has 0 aromatic heterocycles. The van der Waals surface area contributed by atoms with Gasteiger partial charge < -0.3 is 14.2 Å². The summed E-state index contributed by atoms with van der Waals surface area (Å²) < 4.78 is 43.1. The Morgan fingerprint density at radius 3 is 2.62 bits per heavy atom. The minimum Gasteiger partial charge on any atom is -0.467 e. The van der Waals surface area contributed by atoms with Gasteiger partial charge in [0, 0.05) is 30.3 Å². The summed E-state index contributed by atoms with van der Waals surface area (Å²) in [5.41, 5.74) is 1.09. The van der Waals surface area contributed by atoms with Gasteiger partial charge in [-0.15, -0.1) is 0 Å². The topological polar surface area (TPSA) is 125 Å². The lowest BCUT2D eigenvalue weighted by molar-refractivity contribution is -0.385. The van der Waals surface area contributed by atoms with Crippen molar-refractivity contribution in [2.24, 2.45) is 0 Å². The van der Waals surface area contributed by atoms with Crippen molar-refractivity contribution in [2.45, 2.75) is 18.1 Å². The maximum absolute atomic E-state index is 13.0. The van der Waals surface area contributed by atoms with E-state index in [0.29, 0.717) is 22.6 Å². The van der Waals surface area contributed by atoms with Crippen molar-refractivity contribution in [2.75, 3.05) is 18.1 Å². The van der Waals surface area contributed by atoms with Crippen LogP contribution in [0, 0.1) is 10.1 Å². The van der Waals surface area contributed by atoms with Crippen LogP contribution in [0.1, 0.15) is 21.5 Å². The quantitative estimate of drug-likeness (QED) is 0.283. The Balaban J connectivity index is 1.55. The number of sulfonamides is 1. The lowest BCUT2D eigenvalue weighted by Gasteiger charge is -2.20. The summed E-state index contributed by atoms with van der Waals surface area (Å²) in [7, 11) is -2.50. The molecule has 1 aliphatic rings. The second-order valence-electron chi connectivity index (χ2n) is 7.37. The highest BCUT2D eigenvalue weighted by Crippen LogP contribution is 2.33. The molecule has 0 bridgehead atoms. The molecule has 0 saturated heterocycles. The van der Waals surface area contributed by atoms with Gasteiger partial charge in [0.1, 0.15) is 12.4 Å². The Morgan fingerprint density at radius 2 is 1.88 bits per heavy atom. The maximum Gasteiger partial charge on any atom is 0.338 e. The summed E-state index contributed by atoms with van der Waals surface area (Å²) in [6.45, 7) is -0.197. The molecule has 3 aromatic carbocycles. The summed E-state index contributed by atoms with van der Waals surface area (Å²) >= 11 is 0. The number of fused-ring (bicyclic) bond motifs is 1. The molecule has 0 saturated carbocycles. The zero-order chi connectivity index (χ0) is 24.3. The second kappa shape index (κ2) is 9.49. The first kappa shape index (κ1) is 23.2. The number of carbonyl (C=O) groups is 1. The van der Waals surface area contributed by atoms with Crippen LogP contribution in [0.5, 0.6) is 5.75 Å². The van der Waals surface area contributed by atoms with E-state index >= 15 is 0 Å². The fraction of sp³-hybridized carbons (Fsp3) is 0.174. The van der Waals surface area contributed by atoms with Gasteiger partial charge in [-0.2, -0.15) is 0 Å². The number of ether oxygens (including phenoxy) is 3. The fourth-order valence-electron chi connectivity index (χ4n) is 3.44. The number of para-hydroxylation sites is 1. The Hall–Kier alpha value is -3.96. The zero-order valence-corrected chi connectivity index (χ0v) is 18.9. The number of carbonyl (C=O) groups excluding carboxylic acids is 1. The number of hydrogen-bond donors (Lipinski definition) is 0. The van der Waals surface area contributed by atoms with Crippen molar-refractivity contribution in [1.82, 2.24) is 0 Å². The van der Waals surface area contributed by atoms with Gasteiger partial charge >= 0.3 is 5.97 Å². The first-order valence-electron chi connectivity index (χ1n) is 10.1. The zero-order valence-electron chi connectivity index (χ0n) is 18.0. The third kappa shape index (κ3) is 4.70. The fourth-order valence-corrected chi connectivity index (χ4v) is 4.68. The van der Waals surface area contributed by atoms with Crippen molar-refractivity contribution in [3.8, 4) is 5.75 Å². The van der Waals surface area contributed by atoms with E-state index in [9.17, 15) is 23.3 Å². The molecule has 11 heteroatoms. The van der Waals surface area contributed by atoms with E-state index in [1.165, 1.54) is 43.4 Å². The van der Waals surface area contributed by atoms with Crippen LogP contribution in [0.2, 0.25) is 0 Å². The Morgan fingerprint density at radius 1 is 1.12 bits per heavy atom. The van der Waals surface area contributed by atoms with E-state index in [2.05, 4.69) is 0 Å². The van der Waals surface area contributed by atoms with Crippen LogP contribution in [0.25, 0.3) is 0 Å². The molecule has 0 radical (unpaired) electrons. The molecule has 1 heterocycles. The van der Waals surface area contributed by atoms with Crippen LogP contribution in [-0.2, 0) is 32.7 Å².